The van der Waals surface area contributed by atoms with E-state index in [0.29, 0.717) is 0 Å². The first-order valence-corrected chi connectivity index (χ1v) is 17.1. The van der Waals surface area contributed by atoms with E-state index in [9.17, 15) is 13.0 Å². The maximum Gasteiger partial charge on any atom is 0.292 e. The highest BCUT2D eigenvalue weighted by Crippen LogP contribution is 2.28. The number of benzene rings is 3. The summed E-state index contributed by atoms with van der Waals surface area (Å²) >= 11 is 0. The number of hydrogen-bond donors (Lipinski definition) is 0. The second-order valence-electron chi connectivity index (χ2n) is 12.1. The topological polar surface area (TPSA) is 72.2 Å². The summed E-state index contributed by atoms with van der Waals surface area (Å²) in [5.41, 5.74) is 8.66. The highest BCUT2D eigenvalue weighted by molar-refractivity contribution is 7.85. The minimum Gasteiger partial charge on any atom is -0.744 e. The number of imidazole rings is 1. The van der Waals surface area contributed by atoms with Crippen LogP contribution < -0.4 is 14.2 Å². The van der Waals surface area contributed by atoms with E-state index in [1.807, 2.05) is 6.92 Å². The van der Waals surface area contributed by atoms with Crippen molar-refractivity contribution in [2.75, 3.05) is 36.0 Å². The van der Waals surface area contributed by atoms with E-state index < -0.39 is 10.1 Å². The number of fused-ring (bicyclic) bond motifs is 7. The third-order valence-electron chi connectivity index (χ3n) is 9.12. The van der Waals surface area contributed by atoms with Crippen molar-refractivity contribution in [3.05, 3.63) is 96.7 Å². The van der Waals surface area contributed by atoms with Crippen molar-refractivity contribution in [2.45, 2.75) is 50.3 Å². The number of nitrogens with zero attached hydrogens (tertiary/aromatic N) is 4. The van der Waals surface area contributed by atoms with Gasteiger partial charge in [-0.2, -0.15) is 8.80 Å². The fourth-order valence-electron chi connectivity index (χ4n) is 6.74. The molecule has 0 saturated carbocycles. The number of pyridine rings is 2. The Morgan fingerprint density at radius 3 is 1.89 bits per heavy atom. The van der Waals surface area contributed by atoms with Crippen molar-refractivity contribution >= 4 is 54.5 Å². The molecule has 3 aromatic carbocycles. The van der Waals surface area contributed by atoms with Crippen LogP contribution in [0.15, 0.2) is 96.0 Å². The number of rotatable bonds is 3. The quantitative estimate of drug-likeness (QED) is 0.163. The van der Waals surface area contributed by atoms with E-state index >= 15 is 0 Å². The Morgan fingerprint density at radius 2 is 1.25 bits per heavy atom. The van der Waals surface area contributed by atoms with E-state index in [1.165, 1.54) is 121 Å². The van der Waals surface area contributed by atoms with E-state index in [2.05, 4.69) is 85.5 Å². The Bertz CT molecular complexity index is 2070. The van der Waals surface area contributed by atoms with Crippen LogP contribution in [-0.4, -0.2) is 43.6 Å². The minimum absolute atomic E-state index is 0.178. The summed E-state index contributed by atoms with van der Waals surface area (Å²) in [5, 5.41) is 2.62. The second kappa shape index (κ2) is 11.7. The maximum atomic E-state index is 10.4. The molecular formula is C36H38N4O3S. The third-order valence-corrected chi connectivity index (χ3v) is 9.97. The normalized spacial score (nSPS) is 16.0. The molecule has 3 aromatic heterocycles. The van der Waals surface area contributed by atoms with Crippen molar-refractivity contribution in [3.8, 4) is 0 Å². The molecule has 0 amide bonds. The summed E-state index contributed by atoms with van der Waals surface area (Å²) in [6, 6.07) is 28.9. The summed E-state index contributed by atoms with van der Waals surface area (Å²) in [6.45, 7) is 6.55. The summed E-state index contributed by atoms with van der Waals surface area (Å²) in [4.78, 5) is 4.91. The number of hydrogen-bond acceptors (Lipinski definition) is 5. The zero-order valence-electron chi connectivity index (χ0n) is 25.2. The van der Waals surface area contributed by atoms with Crippen molar-refractivity contribution in [1.82, 2.24) is 4.40 Å². The summed E-state index contributed by atoms with van der Waals surface area (Å²) in [7, 11) is -4.27. The lowest BCUT2D eigenvalue weighted by atomic mass is 10.1. The largest absolute Gasteiger partial charge is 0.744 e. The molecule has 0 bridgehead atoms. The van der Waals surface area contributed by atoms with Crippen LogP contribution in [-0.2, 0) is 10.1 Å². The molecule has 5 heterocycles. The minimum atomic E-state index is -4.27. The first-order chi connectivity index (χ1) is 21.3. The summed E-state index contributed by atoms with van der Waals surface area (Å²) < 4.78 is 35.9. The van der Waals surface area contributed by atoms with Crippen molar-refractivity contribution in [3.63, 3.8) is 0 Å². The van der Waals surface area contributed by atoms with Crippen LogP contribution in [0.5, 0.6) is 0 Å². The van der Waals surface area contributed by atoms with Crippen molar-refractivity contribution in [2.24, 2.45) is 0 Å². The average molecular weight is 607 g/mol. The highest BCUT2D eigenvalue weighted by atomic mass is 32.2. The maximum absolute atomic E-state index is 10.4. The van der Waals surface area contributed by atoms with Crippen LogP contribution >= 0.6 is 0 Å². The van der Waals surface area contributed by atoms with Gasteiger partial charge in [-0.3, -0.25) is 0 Å². The first kappa shape index (κ1) is 28.6. The Balaban J connectivity index is 0.000000242. The van der Waals surface area contributed by atoms with Gasteiger partial charge in [-0.1, -0.05) is 17.7 Å². The monoisotopic (exact) mass is 606 g/mol. The standard InChI is InChI=1S/C29H31N4.C7H8O3S/c1-3-15-30(16-4-1)24-10-12-27-22(19-24)8-14-29-32(27)21-26-9-7-23-20-25(11-13-28(23)33(26)29)31-17-5-2-6-18-31;1-6-2-4-7(5-3-6)11(8,9)10/h7-14,19-21H,1-6,15-18H2;2-5H,1H3,(H,8,9,10)/q+1;/p-1. The summed E-state index contributed by atoms with van der Waals surface area (Å²) in [5.74, 6) is 0. The molecule has 8 heteroatoms. The zero-order valence-corrected chi connectivity index (χ0v) is 26.0. The molecule has 0 N–H and O–H groups in total. The molecule has 2 aliphatic rings. The third kappa shape index (κ3) is 5.60. The lowest BCUT2D eigenvalue weighted by Crippen LogP contribution is -2.29. The van der Waals surface area contributed by atoms with E-state index in [1.54, 1.807) is 12.1 Å². The molecule has 0 unspecified atom stereocenters. The molecule has 0 radical (unpaired) electrons. The fourth-order valence-corrected chi connectivity index (χ4v) is 7.21. The highest BCUT2D eigenvalue weighted by Gasteiger charge is 2.19. The van der Waals surface area contributed by atoms with Gasteiger partial charge in [0.1, 0.15) is 27.3 Å². The van der Waals surface area contributed by atoms with E-state index in [4.69, 9.17) is 0 Å². The van der Waals surface area contributed by atoms with Crippen molar-refractivity contribution in [1.29, 1.82) is 0 Å². The van der Waals surface area contributed by atoms with Crippen LogP contribution in [0.3, 0.4) is 0 Å². The number of aromatic nitrogens is 2. The first-order valence-electron chi connectivity index (χ1n) is 15.7. The molecule has 2 fully saturated rings. The lowest BCUT2D eigenvalue weighted by molar-refractivity contribution is -0.479. The predicted molar refractivity (Wildman–Crippen MR) is 177 cm³/mol. The Hall–Kier alpha value is -4.14. The molecule has 0 atom stereocenters. The van der Waals surface area contributed by atoms with Crippen LogP contribution in [0.2, 0.25) is 0 Å². The van der Waals surface area contributed by atoms with E-state index in [-0.39, 0.29) is 4.90 Å². The van der Waals surface area contributed by atoms with Gasteiger partial charge in [-0.05, 0) is 112 Å². The van der Waals surface area contributed by atoms with Gasteiger partial charge in [-0.25, -0.2) is 8.42 Å². The fraction of sp³-hybridized carbons (Fsp3) is 0.306. The molecular weight excluding hydrogens is 568 g/mol. The van der Waals surface area contributed by atoms with Crippen molar-refractivity contribution < 1.29 is 17.4 Å². The van der Waals surface area contributed by atoms with Gasteiger partial charge in [0, 0.05) is 54.4 Å². The van der Waals surface area contributed by atoms with Gasteiger partial charge in [0.25, 0.3) is 5.65 Å². The van der Waals surface area contributed by atoms with Gasteiger partial charge in [0.15, 0.2) is 5.52 Å². The second-order valence-corrected chi connectivity index (χ2v) is 13.5. The van der Waals surface area contributed by atoms with Crippen LogP contribution in [0.1, 0.15) is 44.1 Å². The molecule has 0 spiro atoms. The number of piperidine rings is 2. The molecule has 226 valence electrons. The van der Waals surface area contributed by atoms with Gasteiger partial charge >= 0.3 is 0 Å². The lowest BCUT2D eigenvalue weighted by Gasteiger charge is -2.28. The van der Waals surface area contributed by atoms with E-state index in [0.717, 1.165) is 5.56 Å². The predicted octanol–water partition coefficient (Wildman–Crippen LogP) is 6.86. The SMILES string of the molecule is Cc1ccc(S(=O)(=O)[O-])cc1.c1cc2c(ccc3c[n+]4c5ccc(N6CCCCC6)cc5ccc4n32)cc1N1CCCCC1. The van der Waals surface area contributed by atoms with Crippen LogP contribution in [0.25, 0.3) is 33.0 Å². The molecule has 8 rings (SSSR count). The Kier molecular flexibility index (Phi) is 7.64. The van der Waals surface area contributed by atoms with Gasteiger partial charge in [0.05, 0.1) is 4.90 Å². The number of anilines is 2. The molecule has 7 nitrogen and oxygen atoms in total. The molecule has 2 saturated heterocycles. The summed E-state index contributed by atoms with van der Waals surface area (Å²) in [6.07, 6.45) is 10.3. The van der Waals surface area contributed by atoms with Crippen LogP contribution in [0, 0.1) is 6.92 Å². The number of aryl methyl sites for hydroxylation is 1. The van der Waals surface area contributed by atoms with Gasteiger partial charge in [-0.15, -0.1) is 0 Å². The zero-order chi connectivity index (χ0) is 30.3. The molecule has 44 heavy (non-hydrogen) atoms. The Labute approximate surface area is 258 Å². The molecule has 6 aromatic rings. The van der Waals surface area contributed by atoms with Gasteiger partial charge in [0.2, 0.25) is 0 Å². The van der Waals surface area contributed by atoms with Crippen LogP contribution in [0.4, 0.5) is 11.4 Å². The molecule has 2 aliphatic heterocycles. The van der Waals surface area contributed by atoms with Gasteiger partial charge < -0.3 is 14.4 Å². The Morgan fingerprint density at radius 1 is 0.659 bits per heavy atom. The smallest absolute Gasteiger partial charge is 0.292 e. The molecule has 0 aliphatic carbocycles. The average Bonchev–Trinajstić information content (AvgIpc) is 3.45.